The first-order valence-corrected chi connectivity index (χ1v) is 6.75. The first-order valence-electron chi connectivity index (χ1n) is 6.75. The van der Waals surface area contributed by atoms with Gasteiger partial charge in [-0.1, -0.05) is 30.3 Å². The molecule has 0 bridgehead atoms. The first-order chi connectivity index (χ1) is 8.88. The van der Waals surface area contributed by atoms with Crippen molar-refractivity contribution in [3.63, 3.8) is 0 Å². The summed E-state index contributed by atoms with van der Waals surface area (Å²) in [6.07, 6.45) is 2.69. The number of likely N-dealkylation sites (tertiary alicyclic amines) is 1. The van der Waals surface area contributed by atoms with Crippen LogP contribution in [0.25, 0.3) is 0 Å². The molecule has 1 fully saturated rings. The molecule has 2 rings (SSSR count). The zero-order valence-electron chi connectivity index (χ0n) is 11.2. The number of benzene rings is 1. The number of rotatable bonds is 6. The van der Waals surface area contributed by atoms with Crippen LogP contribution in [0.15, 0.2) is 30.3 Å². The molecule has 0 atom stereocenters. The van der Waals surface area contributed by atoms with Gasteiger partial charge in [-0.2, -0.15) is 0 Å². The normalized spacial score (nSPS) is 18.1. The Kier molecular flexibility index (Phi) is 5.65. The SMILES string of the molecule is COCCOC1CCN(Cc2ccccc2)CC1. The molecule has 0 aromatic heterocycles. The molecule has 0 saturated carbocycles. The Labute approximate surface area is 110 Å². The minimum atomic E-state index is 0.423. The first kappa shape index (κ1) is 13.5. The van der Waals surface area contributed by atoms with Gasteiger partial charge in [-0.05, 0) is 18.4 Å². The van der Waals surface area contributed by atoms with Crippen molar-refractivity contribution in [3.8, 4) is 0 Å². The number of ether oxygens (including phenoxy) is 2. The maximum atomic E-state index is 5.77. The minimum absolute atomic E-state index is 0.423. The average molecular weight is 249 g/mol. The summed E-state index contributed by atoms with van der Waals surface area (Å²) in [5.74, 6) is 0. The fourth-order valence-corrected chi connectivity index (χ4v) is 2.37. The van der Waals surface area contributed by atoms with Crippen molar-refractivity contribution < 1.29 is 9.47 Å². The van der Waals surface area contributed by atoms with Gasteiger partial charge in [0, 0.05) is 26.7 Å². The van der Waals surface area contributed by atoms with Crippen LogP contribution in [0.3, 0.4) is 0 Å². The van der Waals surface area contributed by atoms with Crippen LogP contribution in [0.4, 0.5) is 0 Å². The summed E-state index contributed by atoms with van der Waals surface area (Å²) in [6, 6.07) is 10.7. The summed E-state index contributed by atoms with van der Waals surface area (Å²) in [7, 11) is 1.71. The average Bonchev–Trinajstić information content (AvgIpc) is 2.42. The van der Waals surface area contributed by atoms with E-state index < -0.39 is 0 Å². The topological polar surface area (TPSA) is 21.7 Å². The van der Waals surface area contributed by atoms with Gasteiger partial charge in [0.2, 0.25) is 0 Å². The van der Waals surface area contributed by atoms with E-state index in [1.165, 1.54) is 5.56 Å². The minimum Gasteiger partial charge on any atom is -0.382 e. The van der Waals surface area contributed by atoms with Crippen LogP contribution < -0.4 is 0 Å². The molecule has 0 unspecified atom stereocenters. The standard InChI is InChI=1S/C15H23NO2/c1-17-11-12-18-15-7-9-16(10-8-15)13-14-5-3-2-4-6-14/h2-6,15H,7-13H2,1H3. The molecular formula is C15H23NO2. The molecule has 0 amide bonds. The third-order valence-corrected chi connectivity index (χ3v) is 3.42. The van der Waals surface area contributed by atoms with Gasteiger partial charge < -0.3 is 9.47 Å². The second-order valence-corrected chi connectivity index (χ2v) is 4.82. The molecule has 1 saturated heterocycles. The Morgan fingerprint density at radius 2 is 1.83 bits per heavy atom. The van der Waals surface area contributed by atoms with Crippen molar-refractivity contribution in [1.82, 2.24) is 4.90 Å². The monoisotopic (exact) mass is 249 g/mol. The number of methoxy groups -OCH3 is 1. The van der Waals surface area contributed by atoms with Gasteiger partial charge in [-0.15, -0.1) is 0 Å². The quantitative estimate of drug-likeness (QED) is 0.722. The van der Waals surface area contributed by atoms with Gasteiger partial charge in [-0.25, -0.2) is 0 Å². The number of hydrogen-bond acceptors (Lipinski definition) is 3. The molecule has 0 N–H and O–H groups in total. The van der Waals surface area contributed by atoms with Gasteiger partial charge in [0.1, 0.15) is 0 Å². The van der Waals surface area contributed by atoms with Crippen molar-refractivity contribution in [2.24, 2.45) is 0 Å². The van der Waals surface area contributed by atoms with Crippen molar-refractivity contribution in [1.29, 1.82) is 0 Å². The number of nitrogens with zero attached hydrogens (tertiary/aromatic N) is 1. The fraction of sp³-hybridized carbons (Fsp3) is 0.600. The highest BCUT2D eigenvalue weighted by Crippen LogP contribution is 2.16. The Morgan fingerprint density at radius 3 is 2.50 bits per heavy atom. The van der Waals surface area contributed by atoms with E-state index in [4.69, 9.17) is 9.47 Å². The lowest BCUT2D eigenvalue weighted by Gasteiger charge is -2.31. The van der Waals surface area contributed by atoms with Crippen molar-refractivity contribution in [2.45, 2.75) is 25.5 Å². The number of piperidine rings is 1. The molecule has 0 aliphatic carbocycles. The van der Waals surface area contributed by atoms with Gasteiger partial charge in [0.05, 0.1) is 19.3 Å². The van der Waals surface area contributed by atoms with E-state index in [1.54, 1.807) is 7.11 Å². The molecule has 3 nitrogen and oxygen atoms in total. The van der Waals surface area contributed by atoms with Crippen molar-refractivity contribution in [2.75, 3.05) is 33.4 Å². The molecule has 1 aromatic rings. The second kappa shape index (κ2) is 7.52. The lowest BCUT2D eigenvalue weighted by molar-refractivity contribution is -0.0158. The van der Waals surface area contributed by atoms with Crippen LogP contribution in [0.2, 0.25) is 0 Å². The van der Waals surface area contributed by atoms with Gasteiger partial charge in [0.25, 0.3) is 0 Å². The predicted molar refractivity (Wildman–Crippen MR) is 72.6 cm³/mol. The molecule has 18 heavy (non-hydrogen) atoms. The van der Waals surface area contributed by atoms with E-state index in [-0.39, 0.29) is 0 Å². The molecule has 1 aliphatic heterocycles. The van der Waals surface area contributed by atoms with Gasteiger partial charge in [-0.3, -0.25) is 4.90 Å². The third kappa shape index (κ3) is 4.41. The maximum absolute atomic E-state index is 5.77. The maximum Gasteiger partial charge on any atom is 0.0704 e. The third-order valence-electron chi connectivity index (χ3n) is 3.42. The van der Waals surface area contributed by atoms with Crippen LogP contribution in [-0.4, -0.2) is 44.4 Å². The van der Waals surface area contributed by atoms with Crippen molar-refractivity contribution in [3.05, 3.63) is 35.9 Å². The smallest absolute Gasteiger partial charge is 0.0704 e. The lowest BCUT2D eigenvalue weighted by Crippen LogP contribution is -2.36. The Balaban J connectivity index is 1.67. The highest BCUT2D eigenvalue weighted by atomic mass is 16.5. The summed E-state index contributed by atoms with van der Waals surface area (Å²) in [4.78, 5) is 2.51. The van der Waals surface area contributed by atoms with Crippen LogP contribution in [0.1, 0.15) is 18.4 Å². The highest BCUT2D eigenvalue weighted by Gasteiger charge is 2.19. The van der Waals surface area contributed by atoms with Crippen molar-refractivity contribution >= 4 is 0 Å². The second-order valence-electron chi connectivity index (χ2n) is 4.82. The van der Waals surface area contributed by atoms with E-state index >= 15 is 0 Å². The molecule has 100 valence electrons. The largest absolute Gasteiger partial charge is 0.382 e. The number of hydrogen-bond donors (Lipinski definition) is 0. The molecule has 0 spiro atoms. The Bertz CT molecular complexity index is 321. The van der Waals surface area contributed by atoms with Gasteiger partial charge in [0.15, 0.2) is 0 Å². The van der Waals surface area contributed by atoms with Crippen LogP contribution in [-0.2, 0) is 16.0 Å². The Hall–Kier alpha value is -0.900. The summed E-state index contributed by atoms with van der Waals surface area (Å²) < 4.78 is 10.8. The summed E-state index contributed by atoms with van der Waals surface area (Å²) in [5.41, 5.74) is 1.40. The van der Waals surface area contributed by atoms with E-state index in [9.17, 15) is 0 Å². The molecule has 3 heteroatoms. The van der Waals surface area contributed by atoms with Crippen LogP contribution in [0.5, 0.6) is 0 Å². The lowest BCUT2D eigenvalue weighted by atomic mass is 10.1. The zero-order chi connectivity index (χ0) is 12.6. The predicted octanol–water partition coefficient (Wildman–Crippen LogP) is 2.31. The molecule has 1 aliphatic rings. The fourth-order valence-electron chi connectivity index (χ4n) is 2.37. The zero-order valence-corrected chi connectivity index (χ0v) is 11.2. The molecule has 1 aromatic carbocycles. The summed E-state index contributed by atoms with van der Waals surface area (Å²) in [5, 5.41) is 0. The molecule has 0 radical (unpaired) electrons. The van der Waals surface area contributed by atoms with E-state index in [0.717, 1.165) is 39.1 Å². The van der Waals surface area contributed by atoms with E-state index in [0.29, 0.717) is 12.7 Å². The van der Waals surface area contributed by atoms with E-state index in [2.05, 4.69) is 35.2 Å². The van der Waals surface area contributed by atoms with E-state index in [1.807, 2.05) is 0 Å². The highest BCUT2D eigenvalue weighted by molar-refractivity contribution is 5.14. The summed E-state index contributed by atoms with van der Waals surface area (Å²) in [6.45, 7) is 4.74. The van der Waals surface area contributed by atoms with Crippen LogP contribution >= 0.6 is 0 Å². The van der Waals surface area contributed by atoms with Gasteiger partial charge >= 0.3 is 0 Å². The molecule has 1 heterocycles. The molecular weight excluding hydrogens is 226 g/mol. The summed E-state index contributed by atoms with van der Waals surface area (Å²) >= 11 is 0. The van der Waals surface area contributed by atoms with Crippen LogP contribution in [0, 0.1) is 0 Å². The Morgan fingerprint density at radius 1 is 1.11 bits per heavy atom.